The van der Waals surface area contributed by atoms with Gasteiger partial charge in [-0.3, -0.25) is 0 Å². The van der Waals surface area contributed by atoms with E-state index in [4.69, 9.17) is 22.3 Å². The summed E-state index contributed by atoms with van der Waals surface area (Å²) >= 11 is 6.17. The van der Waals surface area contributed by atoms with Crippen molar-refractivity contribution in [3.05, 3.63) is 47.0 Å². The molecule has 2 N–H and O–H groups in total. The zero-order chi connectivity index (χ0) is 14.6. The fourth-order valence-electron chi connectivity index (χ4n) is 2.94. The summed E-state index contributed by atoms with van der Waals surface area (Å²) in [5, 5.41) is 0.744. The van der Waals surface area contributed by atoms with Crippen LogP contribution >= 0.6 is 11.6 Å². The second kappa shape index (κ2) is 4.50. The van der Waals surface area contributed by atoms with E-state index < -0.39 is 0 Å². The van der Waals surface area contributed by atoms with Crippen LogP contribution in [0.2, 0.25) is 5.02 Å². The average Bonchev–Trinajstić information content (AvgIpc) is 3.21. The molecule has 0 aliphatic heterocycles. The molecule has 0 amide bonds. The van der Waals surface area contributed by atoms with Crippen LogP contribution in [0.5, 0.6) is 0 Å². The summed E-state index contributed by atoms with van der Waals surface area (Å²) in [6.45, 7) is 2.08. The van der Waals surface area contributed by atoms with Crippen molar-refractivity contribution in [2.75, 3.05) is 5.73 Å². The third-order valence-corrected chi connectivity index (χ3v) is 4.33. The van der Waals surface area contributed by atoms with Crippen LogP contribution in [0.4, 0.5) is 5.69 Å². The Morgan fingerprint density at radius 1 is 1.24 bits per heavy atom. The highest BCUT2D eigenvalue weighted by Gasteiger charge is 2.29. The highest BCUT2D eigenvalue weighted by molar-refractivity contribution is 6.31. The van der Waals surface area contributed by atoms with Gasteiger partial charge in [0, 0.05) is 22.3 Å². The van der Waals surface area contributed by atoms with Crippen molar-refractivity contribution >= 4 is 28.3 Å². The Bertz CT molecular complexity index is 826. The first-order valence-electron chi connectivity index (χ1n) is 7.18. The van der Waals surface area contributed by atoms with E-state index in [-0.39, 0.29) is 0 Å². The molecule has 1 aromatic heterocycles. The molecule has 1 heterocycles. The highest BCUT2D eigenvalue weighted by atomic mass is 35.5. The maximum absolute atomic E-state index is 6.22. The smallest absolute Gasteiger partial charge is 0.143 e. The topological polar surface area (TPSA) is 43.8 Å². The molecule has 0 spiro atoms. The molecule has 3 nitrogen and oxygen atoms in total. The van der Waals surface area contributed by atoms with Crippen LogP contribution in [0.1, 0.15) is 24.4 Å². The minimum atomic E-state index is 0.516. The third-order valence-electron chi connectivity index (χ3n) is 4.09. The summed E-state index contributed by atoms with van der Waals surface area (Å²) < 4.78 is 2.31. The number of nitrogen functional groups attached to an aromatic ring is 1. The summed E-state index contributed by atoms with van der Waals surface area (Å²) in [5.41, 5.74) is 11.3. The molecule has 3 aromatic rings. The van der Waals surface area contributed by atoms with Gasteiger partial charge in [0.05, 0.1) is 11.0 Å². The second-order valence-electron chi connectivity index (χ2n) is 5.71. The van der Waals surface area contributed by atoms with Crippen LogP contribution in [0, 0.1) is 6.92 Å². The number of nitrogens with zero attached hydrogens (tertiary/aromatic N) is 2. The van der Waals surface area contributed by atoms with Gasteiger partial charge in [0.1, 0.15) is 5.82 Å². The highest BCUT2D eigenvalue weighted by Crippen LogP contribution is 2.43. The monoisotopic (exact) mass is 297 g/mol. The van der Waals surface area contributed by atoms with Gasteiger partial charge in [-0.25, -0.2) is 4.98 Å². The zero-order valence-electron chi connectivity index (χ0n) is 11.8. The number of anilines is 1. The molecule has 0 unspecified atom stereocenters. The number of fused-ring (bicyclic) bond motifs is 1. The fourth-order valence-corrected chi connectivity index (χ4v) is 3.11. The molecule has 1 aliphatic rings. The molecule has 2 aromatic carbocycles. The van der Waals surface area contributed by atoms with Crippen LogP contribution in [0.25, 0.3) is 22.4 Å². The normalized spacial score (nSPS) is 14.8. The summed E-state index contributed by atoms with van der Waals surface area (Å²) in [4.78, 5) is 4.83. The van der Waals surface area contributed by atoms with Crippen LogP contribution in [-0.2, 0) is 0 Å². The van der Waals surface area contributed by atoms with Crippen molar-refractivity contribution in [3.8, 4) is 11.4 Å². The molecule has 21 heavy (non-hydrogen) atoms. The molecular weight excluding hydrogens is 282 g/mol. The van der Waals surface area contributed by atoms with Crippen molar-refractivity contribution in [2.45, 2.75) is 25.8 Å². The largest absolute Gasteiger partial charge is 0.398 e. The van der Waals surface area contributed by atoms with Gasteiger partial charge in [-0.05, 0) is 49.6 Å². The number of imidazole rings is 1. The SMILES string of the molecule is Cc1cccc(N)c1-c1nc2ccc(Cl)cc2n1C1CC1. The number of aromatic nitrogens is 2. The van der Waals surface area contributed by atoms with E-state index in [1.165, 1.54) is 12.8 Å². The third kappa shape index (κ3) is 2.00. The van der Waals surface area contributed by atoms with Crippen LogP contribution in [0.15, 0.2) is 36.4 Å². The summed E-state index contributed by atoms with van der Waals surface area (Å²) in [7, 11) is 0. The van der Waals surface area contributed by atoms with Crippen molar-refractivity contribution in [1.29, 1.82) is 0 Å². The first-order chi connectivity index (χ1) is 10.1. The first kappa shape index (κ1) is 12.7. The van der Waals surface area contributed by atoms with Gasteiger partial charge in [0.25, 0.3) is 0 Å². The van der Waals surface area contributed by atoms with Crippen molar-refractivity contribution in [3.63, 3.8) is 0 Å². The van der Waals surface area contributed by atoms with Gasteiger partial charge in [0.15, 0.2) is 0 Å². The Labute approximate surface area is 128 Å². The number of aryl methyl sites for hydroxylation is 1. The standard InChI is InChI=1S/C17H16ClN3/c1-10-3-2-4-13(19)16(10)17-20-14-8-5-11(18)9-15(14)21(17)12-6-7-12/h2-5,8-9,12H,6-7,19H2,1H3. The lowest BCUT2D eigenvalue weighted by atomic mass is 10.1. The lowest BCUT2D eigenvalue weighted by Crippen LogP contribution is -2.01. The maximum Gasteiger partial charge on any atom is 0.143 e. The predicted molar refractivity (Wildman–Crippen MR) is 87.6 cm³/mol. The summed E-state index contributed by atoms with van der Waals surface area (Å²) in [5.74, 6) is 0.963. The van der Waals surface area contributed by atoms with Crippen LogP contribution < -0.4 is 5.73 Å². The number of nitrogens with two attached hydrogens (primary N) is 1. The number of hydrogen-bond donors (Lipinski definition) is 1. The molecule has 1 saturated carbocycles. The van der Waals surface area contributed by atoms with E-state index in [2.05, 4.69) is 17.6 Å². The van der Waals surface area contributed by atoms with E-state index in [9.17, 15) is 0 Å². The lowest BCUT2D eigenvalue weighted by molar-refractivity contribution is 0.775. The minimum absolute atomic E-state index is 0.516. The fraction of sp³-hybridized carbons (Fsp3) is 0.235. The zero-order valence-corrected chi connectivity index (χ0v) is 12.6. The van der Waals surface area contributed by atoms with Gasteiger partial charge in [0.2, 0.25) is 0 Å². The number of benzene rings is 2. The number of halogens is 1. The van der Waals surface area contributed by atoms with Crippen molar-refractivity contribution in [2.24, 2.45) is 0 Å². The van der Waals surface area contributed by atoms with Crippen LogP contribution in [0.3, 0.4) is 0 Å². The molecule has 4 heteroatoms. The molecule has 0 radical (unpaired) electrons. The van der Waals surface area contributed by atoms with E-state index in [1.54, 1.807) is 0 Å². The van der Waals surface area contributed by atoms with Gasteiger partial charge >= 0.3 is 0 Å². The Kier molecular flexibility index (Phi) is 2.73. The average molecular weight is 298 g/mol. The quantitative estimate of drug-likeness (QED) is 0.703. The first-order valence-corrected chi connectivity index (χ1v) is 7.56. The Balaban J connectivity index is 2.07. The molecule has 0 bridgehead atoms. The van der Waals surface area contributed by atoms with E-state index >= 15 is 0 Å². The number of hydrogen-bond acceptors (Lipinski definition) is 2. The predicted octanol–water partition coefficient (Wildman–Crippen LogP) is 4.58. The molecule has 4 rings (SSSR count). The van der Waals surface area contributed by atoms with Gasteiger partial charge in [-0.15, -0.1) is 0 Å². The summed E-state index contributed by atoms with van der Waals surface area (Å²) in [6.07, 6.45) is 2.38. The van der Waals surface area contributed by atoms with E-state index in [0.717, 1.165) is 38.7 Å². The summed E-state index contributed by atoms with van der Waals surface area (Å²) in [6, 6.07) is 12.4. The molecule has 0 atom stereocenters. The van der Waals surface area contributed by atoms with Gasteiger partial charge in [-0.1, -0.05) is 23.7 Å². The maximum atomic E-state index is 6.22. The number of rotatable bonds is 2. The Morgan fingerprint density at radius 2 is 2.05 bits per heavy atom. The van der Waals surface area contributed by atoms with Gasteiger partial charge < -0.3 is 10.3 Å². The van der Waals surface area contributed by atoms with E-state index in [0.29, 0.717) is 6.04 Å². The minimum Gasteiger partial charge on any atom is -0.398 e. The van der Waals surface area contributed by atoms with Crippen LogP contribution in [-0.4, -0.2) is 9.55 Å². The molecule has 106 valence electrons. The molecule has 0 saturated heterocycles. The lowest BCUT2D eigenvalue weighted by Gasteiger charge is -2.12. The van der Waals surface area contributed by atoms with E-state index in [1.807, 2.05) is 30.3 Å². The Morgan fingerprint density at radius 3 is 2.76 bits per heavy atom. The van der Waals surface area contributed by atoms with Crippen molar-refractivity contribution < 1.29 is 0 Å². The van der Waals surface area contributed by atoms with Crippen molar-refractivity contribution in [1.82, 2.24) is 9.55 Å². The Hall–Kier alpha value is -2.00. The molecule has 1 fully saturated rings. The second-order valence-corrected chi connectivity index (χ2v) is 6.15. The van der Waals surface area contributed by atoms with Gasteiger partial charge in [-0.2, -0.15) is 0 Å². The molecule has 1 aliphatic carbocycles. The molecular formula is C17H16ClN3.